The number of hydrogen-bond acceptors (Lipinski definition) is 2. The van der Waals surface area contributed by atoms with Crippen molar-refractivity contribution in [2.75, 3.05) is 6.54 Å². The third kappa shape index (κ3) is 2.84. The summed E-state index contributed by atoms with van der Waals surface area (Å²) in [5.41, 5.74) is 3.73. The van der Waals surface area contributed by atoms with Crippen molar-refractivity contribution in [2.24, 2.45) is 12.5 Å². The molecule has 0 spiro atoms. The van der Waals surface area contributed by atoms with Crippen LogP contribution in [0.2, 0.25) is 0 Å². The molecule has 0 aliphatic heterocycles. The smallest absolute Gasteiger partial charge is 0.120 e. The summed E-state index contributed by atoms with van der Waals surface area (Å²) in [5, 5.41) is 12.7. The molecule has 1 fully saturated rings. The zero-order valence-electron chi connectivity index (χ0n) is 12.4. The van der Waals surface area contributed by atoms with Gasteiger partial charge >= 0.3 is 0 Å². The van der Waals surface area contributed by atoms with E-state index in [1.165, 1.54) is 43.4 Å². The molecule has 3 nitrogen and oxygen atoms in total. The zero-order chi connectivity index (χ0) is 13.9. The predicted octanol–water partition coefficient (Wildman–Crippen LogP) is 3.27. The minimum absolute atomic E-state index is 0.529. The van der Waals surface area contributed by atoms with Crippen molar-refractivity contribution in [1.82, 2.24) is 9.88 Å². The van der Waals surface area contributed by atoms with Gasteiger partial charge in [-0.2, -0.15) is 5.26 Å². The van der Waals surface area contributed by atoms with E-state index in [1.807, 2.05) is 17.7 Å². The second-order valence-corrected chi connectivity index (χ2v) is 5.98. The summed E-state index contributed by atoms with van der Waals surface area (Å²) < 4.78 is 1.97. The maximum Gasteiger partial charge on any atom is 0.120 e. The van der Waals surface area contributed by atoms with E-state index in [9.17, 15) is 0 Å². The van der Waals surface area contributed by atoms with Crippen LogP contribution in [-0.4, -0.2) is 11.1 Å². The minimum atomic E-state index is 0.529. The van der Waals surface area contributed by atoms with Gasteiger partial charge in [-0.05, 0) is 43.2 Å². The van der Waals surface area contributed by atoms with E-state index >= 15 is 0 Å². The van der Waals surface area contributed by atoms with E-state index in [4.69, 9.17) is 5.26 Å². The molecule has 1 aromatic rings. The third-order valence-corrected chi connectivity index (χ3v) is 4.98. The lowest BCUT2D eigenvalue weighted by molar-refractivity contribution is 0.268. The summed E-state index contributed by atoms with van der Waals surface area (Å²) in [6.45, 7) is 6.39. The maximum absolute atomic E-state index is 9.04. The Hall–Kier alpha value is -1.27. The Labute approximate surface area is 116 Å². The lowest BCUT2D eigenvalue weighted by Gasteiger charge is -2.27. The van der Waals surface area contributed by atoms with Crippen molar-refractivity contribution in [1.29, 1.82) is 5.26 Å². The van der Waals surface area contributed by atoms with Crippen LogP contribution in [0.3, 0.4) is 0 Å². The van der Waals surface area contributed by atoms with Crippen LogP contribution in [0.5, 0.6) is 0 Å². The van der Waals surface area contributed by atoms with Gasteiger partial charge in [-0.3, -0.25) is 0 Å². The standard InChI is InChI=1S/C16H25N3/c1-4-16(7-5-6-8-16)12-18-11-14-9-15(10-17)19(3)13(14)2/h9,18H,4-8,11-12H2,1-3H3. The van der Waals surface area contributed by atoms with Crippen LogP contribution in [0, 0.1) is 23.7 Å². The largest absolute Gasteiger partial charge is 0.340 e. The van der Waals surface area contributed by atoms with Crippen molar-refractivity contribution < 1.29 is 0 Å². The predicted molar refractivity (Wildman–Crippen MR) is 77.8 cm³/mol. The van der Waals surface area contributed by atoms with Gasteiger partial charge in [0.2, 0.25) is 0 Å². The topological polar surface area (TPSA) is 40.8 Å². The van der Waals surface area contributed by atoms with Crippen LogP contribution < -0.4 is 5.32 Å². The van der Waals surface area contributed by atoms with Crippen LogP contribution >= 0.6 is 0 Å². The van der Waals surface area contributed by atoms with E-state index in [0.717, 1.165) is 18.8 Å². The minimum Gasteiger partial charge on any atom is -0.340 e. The first-order valence-corrected chi connectivity index (χ1v) is 7.38. The van der Waals surface area contributed by atoms with Gasteiger partial charge in [-0.25, -0.2) is 0 Å². The maximum atomic E-state index is 9.04. The summed E-state index contributed by atoms with van der Waals surface area (Å²) in [7, 11) is 1.96. The highest BCUT2D eigenvalue weighted by Gasteiger charge is 2.31. The van der Waals surface area contributed by atoms with Gasteiger partial charge in [-0.1, -0.05) is 19.8 Å². The molecule has 3 heteroatoms. The molecule has 0 amide bonds. The average Bonchev–Trinajstić information content (AvgIpc) is 2.99. The van der Waals surface area contributed by atoms with E-state index in [-0.39, 0.29) is 0 Å². The molecule has 1 aromatic heterocycles. The Morgan fingerprint density at radius 1 is 1.42 bits per heavy atom. The van der Waals surface area contributed by atoms with Crippen molar-refractivity contribution in [3.63, 3.8) is 0 Å². The quantitative estimate of drug-likeness (QED) is 0.881. The van der Waals surface area contributed by atoms with Crippen molar-refractivity contribution in [2.45, 2.75) is 52.5 Å². The van der Waals surface area contributed by atoms with E-state index in [0.29, 0.717) is 5.41 Å². The molecule has 0 atom stereocenters. The molecular weight excluding hydrogens is 234 g/mol. The van der Waals surface area contributed by atoms with E-state index in [2.05, 4.69) is 25.2 Å². The first kappa shape index (κ1) is 14.1. The Morgan fingerprint density at radius 3 is 2.63 bits per heavy atom. The molecule has 1 saturated carbocycles. The van der Waals surface area contributed by atoms with Gasteiger partial charge in [0.1, 0.15) is 11.8 Å². The summed E-state index contributed by atoms with van der Waals surface area (Å²) in [6.07, 6.45) is 6.79. The van der Waals surface area contributed by atoms with Gasteiger partial charge < -0.3 is 9.88 Å². The first-order valence-electron chi connectivity index (χ1n) is 7.38. The normalized spacial score (nSPS) is 17.6. The van der Waals surface area contributed by atoms with Crippen LogP contribution in [0.15, 0.2) is 6.07 Å². The molecular formula is C16H25N3. The molecule has 104 valence electrons. The van der Waals surface area contributed by atoms with E-state index in [1.54, 1.807) is 0 Å². The molecule has 2 rings (SSSR count). The van der Waals surface area contributed by atoms with E-state index < -0.39 is 0 Å². The SMILES string of the molecule is CCC1(CNCc2cc(C#N)n(C)c2C)CCCC1. The Morgan fingerprint density at radius 2 is 2.11 bits per heavy atom. The van der Waals surface area contributed by atoms with Crippen molar-refractivity contribution in [3.8, 4) is 6.07 Å². The monoisotopic (exact) mass is 259 g/mol. The highest BCUT2D eigenvalue weighted by atomic mass is 15.0. The second kappa shape index (κ2) is 5.79. The van der Waals surface area contributed by atoms with Crippen LogP contribution in [0.25, 0.3) is 0 Å². The Kier molecular flexibility index (Phi) is 4.31. The average molecular weight is 259 g/mol. The van der Waals surface area contributed by atoms with Crippen molar-refractivity contribution in [3.05, 3.63) is 23.0 Å². The molecule has 1 aliphatic carbocycles. The molecule has 1 heterocycles. The van der Waals surface area contributed by atoms with Gasteiger partial charge in [0.15, 0.2) is 0 Å². The third-order valence-electron chi connectivity index (χ3n) is 4.98. The lowest BCUT2D eigenvalue weighted by Crippen LogP contribution is -2.31. The zero-order valence-corrected chi connectivity index (χ0v) is 12.4. The second-order valence-electron chi connectivity index (χ2n) is 5.98. The summed E-state index contributed by atoms with van der Waals surface area (Å²) >= 11 is 0. The number of hydrogen-bond donors (Lipinski definition) is 1. The van der Waals surface area contributed by atoms with Crippen LogP contribution in [0.1, 0.15) is 56.0 Å². The number of rotatable bonds is 5. The molecule has 0 aromatic carbocycles. The fraction of sp³-hybridized carbons (Fsp3) is 0.688. The molecule has 1 N–H and O–H groups in total. The Balaban J connectivity index is 1.94. The van der Waals surface area contributed by atoms with Crippen LogP contribution in [-0.2, 0) is 13.6 Å². The fourth-order valence-electron chi connectivity index (χ4n) is 3.29. The summed E-state index contributed by atoms with van der Waals surface area (Å²) in [5.74, 6) is 0. The number of nitriles is 1. The summed E-state index contributed by atoms with van der Waals surface area (Å²) in [4.78, 5) is 0. The molecule has 19 heavy (non-hydrogen) atoms. The molecule has 0 unspecified atom stereocenters. The fourth-order valence-corrected chi connectivity index (χ4v) is 3.29. The van der Waals surface area contributed by atoms with Gasteiger partial charge in [0.05, 0.1) is 0 Å². The van der Waals surface area contributed by atoms with Gasteiger partial charge in [0, 0.05) is 25.8 Å². The van der Waals surface area contributed by atoms with Crippen LogP contribution in [0.4, 0.5) is 0 Å². The number of nitrogens with zero attached hydrogens (tertiary/aromatic N) is 2. The van der Waals surface area contributed by atoms with Crippen molar-refractivity contribution >= 4 is 0 Å². The number of aromatic nitrogens is 1. The number of nitrogens with one attached hydrogen (secondary N) is 1. The van der Waals surface area contributed by atoms with Gasteiger partial charge in [0.25, 0.3) is 0 Å². The molecule has 0 saturated heterocycles. The summed E-state index contributed by atoms with van der Waals surface area (Å²) in [6, 6.07) is 4.25. The molecule has 0 radical (unpaired) electrons. The Bertz CT molecular complexity index is 473. The van der Waals surface area contributed by atoms with Gasteiger partial charge in [-0.15, -0.1) is 0 Å². The first-order chi connectivity index (χ1) is 9.12. The molecule has 0 bridgehead atoms. The molecule has 1 aliphatic rings. The lowest BCUT2D eigenvalue weighted by atomic mass is 9.83. The highest BCUT2D eigenvalue weighted by Crippen LogP contribution is 2.40. The highest BCUT2D eigenvalue weighted by molar-refractivity contribution is 5.34.